The molecule has 0 unspecified atom stereocenters. The predicted molar refractivity (Wildman–Crippen MR) is 76.5 cm³/mol. The van der Waals surface area contributed by atoms with Crippen LogP contribution in [0.5, 0.6) is 11.5 Å². The van der Waals surface area contributed by atoms with E-state index in [0.717, 1.165) is 10.6 Å². The van der Waals surface area contributed by atoms with Crippen LogP contribution in [0.2, 0.25) is 0 Å². The molecule has 0 fully saturated rings. The molecule has 0 saturated carbocycles. The first-order valence-electron chi connectivity index (χ1n) is 6.37. The maximum absolute atomic E-state index is 11.3. The molecule has 0 atom stereocenters. The molecule has 8 nitrogen and oxygen atoms in total. The Balaban J connectivity index is 1.90. The quantitative estimate of drug-likeness (QED) is 0.678. The van der Waals surface area contributed by atoms with Gasteiger partial charge in [0.15, 0.2) is 23.5 Å². The summed E-state index contributed by atoms with van der Waals surface area (Å²) in [4.78, 5) is 11.3. The molecule has 2 aromatic heterocycles. The Hall–Kier alpha value is -2.81. The van der Waals surface area contributed by atoms with Gasteiger partial charge in [-0.25, -0.2) is 0 Å². The van der Waals surface area contributed by atoms with Crippen LogP contribution in [0.1, 0.15) is 15.5 Å². The summed E-state index contributed by atoms with van der Waals surface area (Å²) in [6.07, 6.45) is 0.664. The number of aromatic nitrogens is 5. The van der Waals surface area contributed by atoms with Gasteiger partial charge in [0.2, 0.25) is 11.9 Å². The number of hydrogen-bond donors (Lipinski definition) is 0. The molecular formula is C13H9N5O3S. The Morgan fingerprint density at radius 3 is 2.86 bits per heavy atom. The standard InChI is InChI=1S/C13H9N5O3S/c1-7-14-16-13(22-7)18-12(9(5-19)15-17-18)8-2-3-10-11(4-8)21-6-20-10/h2-5H,6H2,1H3. The van der Waals surface area contributed by atoms with Gasteiger partial charge in [-0.1, -0.05) is 16.6 Å². The zero-order valence-corrected chi connectivity index (χ0v) is 12.2. The van der Waals surface area contributed by atoms with E-state index < -0.39 is 0 Å². The highest BCUT2D eigenvalue weighted by Crippen LogP contribution is 2.37. The average molecular weight is 315 g/mol. The number of carbonyl (C=O) groups excluding carboxylic acids is 1. The fourth-order valence-electron chi connectivity index (χ4n) is 2.19. The molecule has 0 amide bonds. The summed E-state index contributed by atoms with van der Waals surface area (Å²) >= 11 is 1.37. The number of nitrogens with zero attached hydrogens (tertiary/aromatic N) is 5. The minimum Gasteiger partial charge on any atom is -0.454 e. The van der Waals surface area contributed by atoms with E-state index in [2.05, 4.69) is 20.5 Å². The van der Waals surface area contributed by atoms with Crippen molar-refractivity contribution in [2.24, 2.45) is 0 Å². The fourth-order valence-corrected chi connectivity index (χ4v) is 2.83. The zero-order chi connectivity index (χ0) is 15.1. The third-order valence-corrected chi connectivity index (χ3v) is 3.96. The second-order valence-electron chi connectivity index (χ2n) is 4.52. The molecule has 0 aliphatic carbocycles. The number of rotatable bonds is 3. The lowest BCUT2D eigenvalue weighted by molar-refractivity contribution is 0.111. The van der Waals surface area contributed by atoms with Crippen LogP contribution in [0, 0.1) is 6.92 Å². The summed E-state index contributed by atoms with van der Waals surface area (Å²) in [6.45, 7) is 2.03. The number of carbonyl (C=O) groups is 1. The molecule has 3 heterocycles. The van der Waals surface area contributed by atoms with Crippen LogP contribution in [0.3, 0.4) is 0 Å². The maximum atomic E-state index is 11.3. The van der Waals surface area contributed by atoms with Crippen LogP contribution in [-0.2, 0) is 0 Å². The first-order valence-corrected chi connectivity index (χ1v) is 7.19. The van der Waals surface area contributed by atoms with E-state index in [1.165, 1.54) is 16.0 Å². The van der Waals surface area contributed by atoms with Crippen LogP contribution in [0.25, 0.3) is 16.4 Å². The monoisotopic (exact) mass is 315 g/mol. The Morgan fingerprint density at radius 2 is 2.09 bits per heavy atom. The average Bonchev–Trinajstić information content (AvgIpc) is 3.24. The van der Waals surface area contributed by atoms with Gasteiger partial charge in [-0.05, 0) is 25.1 Å². The van der Waals surface area contributed by atoms with Crippen molar-refractivity contribution >= 4 is 17.6 Å². The van der Waals surface area contributed by atoms with Gasteiger partial charge in [-0.3, -0.25) is 4.79 Å². The molecule has 1 aliphatic rings. The Kier molecular flexibility index (Phi) is 2.86. The van der Waals surface area contributed by atoms with Gasteiger partial charge < -0.3 is 9.47 Å². The van der Waals surface area contributed by atoms with Crippen molar-refractivity contribution < 1.29 is 14.3 Å². The Labute approximate surface area is 128 Å². The number of ether oxygens (including phenoxy) is 2. The van der Waals surface area contributed by atoms with Crippen molar-refractivity contribution in [3.05, 3.63) is 28.9 Å². The molecule has 0 saturated heterocycles. The summed E-state index contributed by atoms with van der Waals surface area (Å²) in [5.74, 6) is 1.29. The van der Waals surface area contributed by atoms with Crippen LogP contribution < -0.4 is 9.47 Å². The van der Waals surface area contributed by atoms with E-state index in [1.54, 1.807) is 12.1 Å². The summed E-state index contributed by atoms with van der Waals surface area (Å²) in [5.41, 5.74) is 1.51. The van der Waals surface area contributed by atoms with Crippen LogP contribution in [0.15, 0.2) is 18.2 Å². The van der Waals surface area contributed by atoms with Crippen LogP contribution in [-0.4, -0.2) is 38.3 Å². The highest BCUT2D eigenvalue weighted by molar-refractivity contribution is 7.13. The van der Waals surface area contributed by atoms with Crippen molar-refractivity contribution in [2.45, 2.75) is 6.92 Å². The van der Waals surface area contributed by atoms with E-state index >= 15 is 0 Å². The Morgan fingerprint density at radius 1 is 1.23 bits per heavy atom. The molecule has 4 rings (SSSR count). The summed E-state index contributed by atoms with van der Waals surface area (Å²) in [7, 11) is 0. The Bertz CT molecular complexity index is 872. The van der Waals surface area contributed by atoms with Crippen molar-refractivity contribution in [1.82, 2.24) is 25.2 Å². The normalized spacial score (nSPS) is 12.6. The lowest BCUT2D eigenvalue weighted by Gasteiger charge is -2.04. The number of aldehydes is 1. The van der Waals surface area contributed by atoms with Gasteiger partial charge in [0, 0.05) is 5.56 Å². The minimum atomic E-state index is 0.187. The van der Waals surface area contributed by atoms with Crippen LogP contribution >= 0.6 is 11.3 Å². The summed E-state index contributed by atoms with van der Waals surface area (Å²) < 4.78 is 12.2. The molecular weight excluding hydrogens is 306 g/mol. The van der Waals surface area contributed by atoms with E-state index in [-0.39, 0.29) is 12.5 Å². The first-order chi connectivity index (χ1) is 10.8. The lowest BCUT2D eigenvalue weighted by Crippen LogP contribution is -1.99. The van der Waals surface area contributed by atoms with Gasteiger partial charge in [0.25, 0.3) is 0 Å². The van der Waals surface area contributed by atoms with Crippen molar-refractivity contribution in [2.75, 3.05) is 6.79 Å². The van der Waals surface area contributed by atoms with E-state index in [9.17, 15) is 4.79 Å². The second kappa shape index (κ2) is 4.88. The molecule has 110 valence electrons. The van der Waals surface area contributed by atoms with Gasteiger partial charge in [0.05, 0.1) is 0 Å². The molecule has 1 aliphatic heterocycles. The molecule has 0 bridgehead atoms. The highest BCUT2D eigenvalue weighted by atomic mass is 32.1. The summed E-state index contributed by atoms with van der Waals surface area (Å²) in [5, 5.41) is 17.3. The van der Waals surface area contributed by atoms with E-state index in [4.69, 9.17) is 9.47 Å². The smallest absolute Gasteiger partial charge is 0.234 e. The van der Waals surface area contributed by atoms with Crippen molar-refractivity contribution in [3.8, 4) is 27.9 Å². The molecule has 0 N–H and O–H groups in total. The maximum Gasteiger partial charge on any atom is 0.234 e. The second-order valence-corrected chi connectivity index (χ2v) is 5.68. The third-order valence-electron chi connectivity index (χ3n) is 3.15. The molecule has 1 aromatic carbocycles. The topological polar surface area (TPSA) is 92.0 Å². The molecule has 9 heteroatoms. The van der Waals surface area contributed by atoms with Gasteiger partial charge in [-0.2, -0.15) is 4.68 Å². The zero-order valence-electron chi connectivity index (χ0n) is 11.4. The summed E-state index contributed by atoms with van der Waals surface area (Å²) in [6, 6.07) is 5.40. The molecule has 3 aromatic rings. The van der Waals surface area contributed by atoms with Crippen molar-refractivity contribution in [3.63, 3.8) is 0 Å². The molecule has 22 heavy (non-hydrogen) atoms. The van der Waals surface area contributed by atoms with Gasteiger partial charge in [-0.15, -0.1) is 15.3 Å². The van der Waals surface area contributed by atoms with E-state index in [1.807, 2.05) is 13.0 Å². The third kappa shape index (κ3) is 1.94. The van der Waals surface area contributed by atoms with Gasteiger partial charge in [0.1, 0.15) is 10.7 Å². The van der Waals surface area contributed by atoms with Crippen molar-refractivity contribution in [1.29, 1.82) is 0 Å². The lowest BCUT2D eigenvalue weighted by atomic mass is 10.1. The largest absolute Gasteiger partial charge is 0.454 e. The van der Waals surface area contributed by atoms with Gasteiger partial charge >= 0.3 is 0 Å². The highest BCUT2D eigenvalue weighted by Gasteiger charge is 2.21. The first kappa shape index (κ1) is 12.9. The molecule has 0 radical (unpaired) electrons. The minimum absolute atomic E-state index is 0.187. The van der Waals surface area contributed by atoms with E-state index in [0.29, 0.717) is 28.6 Å². The van der Waals surface area contributed by atoms with Crippen LogP contribution in [0.4, 0.5) is 0 Å². The SMILES string of the molecule is Cc1nnc(-n2nnc(C=O)c2-c2ccc3c(c2)OCO3)s1. The fraction of sp³-hybridized carbons (Fsp3) is 0.154. The predicted octanol–water partition coefficient (Wildman–Crippen LogP) is 1.64. The number of benzene rings is 1. The number of hydrogen-bond acceptors (Lipinski definition) is 8. The number of aryl methyl sites for hydroxylation is 1. The number of fused-ring (bicyclic) bond motifs is 1. The molecule has 0 spiro atoms.